The highest BCUT2D eigenvalue weighted by Gasteiger charge is 2.27. The highest BCUT2D eigenvalue weighted by atomic mass is 32.2. The zero-order chi connectivity index (χ0) is 12.5. The minimum Gasteiger partial charge on any atom is -0.311 e. The molecule has 2 N–H and O–H groups in total. The normalized spacial score (nSPS) is 18.3. The first-order valence-corrected chi connectivity index (χ1v) is 6.97. The molecule has 4 nitrogen and oxygen atoms in total. The summed E-state index contributed by atoms with van der Waals surface area (Å²) < 4.78 is 0. The van der Waals surface area contributed by atoms with E-state index in [9.17, 15) is 4.79 Å². The predicted octanol–water partition coefficient (Wildman–Crippen LogP) is 2.61. The minimum absolute atomic E-state index is 0.0330. The van der Waals surface area contributed by atoms with Gasteiger partial charge in [0.1, 0.15) is 5.82 Å². The maximum Gasteiger partial charge on any atom is 0.226 e. The second-order valence-corrected chi connectivity index (χ2v) is 5.16. The van der Waals surface area contributed by atoms with Crippen molar-refractivity contribution in [2.45, 2.75) is 17.2 Å². The number of fused-ring (bicyclic) bond motifs is 1. The van der Waals surface area contributed by atoms with Crippen LogP contribution in [0.3, 0.4) is 0 Å². The number of amides is 1. The van der Waals surface area contributed by atoms with Crippen molar-refractivity contribution in [3.05, 3.63) is 41.6 Å². The molecule has 1 amide bonds. The number of nitrogens with one attached hydrogen (secondary N) is 2. The molecular weight excluding hydrogens is 246 g/mol. The largest absolute Gasteiger partial charge is 0.311 e. The zero-order valence-corrected chi connectivity index (χ0v) is 10.8. The first-order chi connectivity index (χ1) is 8.78. The van der Waals surface area contributed by atoms with Crippen LogP contribution in [0.5, 0.6) is 0 Å². The summed E-state index contributed by atoms with van der Waals surface area (Å²) in [5, 5.41) is 9.63. The number of carbonyl (C=O) groups excluding carboxylic acids is 1. The predicted molar refractivity (Wildman–Crippen MR) is 71.9 cm³/mol. The van der Waals surface area contributed by atoms with Crippen molar-refractivity contribution in [1.29, 1.82) is 0 Å². The van der Waals surface area contributed by atoms with Gasteiger partial charge >= 0.3 is 0 Å². The van der Waals surface area contributed by atoms with Crippen LogP contribution in [0.25, 0.3) is 0 Å². The minimum atomic E-state index is 0.0330. The standard InChI is InChI=1S/C13H13N3OS/c1-18-9-4-2-8(3-5-9)10-6-12(17)15-13-11(10)7-14-16-13/h2-5,7,10H,6H2,1H3,(H2,14,15,16,17)/t10-/m0/s1. The van der Waals surface area contributed by atoms with Crippen molar-refractivity contribution in [2.24, 2.45) is 0 Å². The molecule has 2 aromatic rings. The van der Waals surface area contributed by atoms with Crippen LogP contribution in [0.2, 0.25) is 0 Å². The summed E-state index contributed by atoms with van der Waals surface area (Å²) >= 11 is 1.71. The Hall–Kier alpha value is -1.75. The monoisotopic (exact) mass is 259 g/mol. The van der Waals surface area contributed by atoms with Crippen LogP contribution in [0.1, 0.15) is 23.5 Å². The van der Waals surface area contributed by atoms with Gasteiger partial charge < -0.3 is 5.32 Å². The molecule has 3 rings (SSSR count). The number of hydrogen-bond acceptors (Lipinski definition) is 3. The summed E-state index contributed by atoms with van der Waals surface area (Å²) in [6, 6.07) is 8.36. The van der Waals surface area contributed by atoms with Gasteiger partial charge in [-0.3, -0.25) is 9.89 Å². The van der Waals surface area contributed by atoms with E-state index in [4.69, 9.17) is 0 Å². The van der Waals surface area contributed by atoms with Crippen LogP contribution in [0.4, 0.5) is 5.82 Å². The zero-order valence-electron chi connectivity index (χ0n) is 9.93. The molecule has 18 heavy (non-hydrogen) atoms. The average molecular weight is 259 g/mol. The molecule has 1 atom stereocenters. The first kappa shape index (κ1) is 11.3. The van der Waals surface area contributed by atoms with E-state index in [-0.39, 0.29) is 11.8 Å². The molecule has 1 aliphatic rings. The molecule has 0 saturated carbocycles. The Bertz CT molecular complexity index is 576. The number of anilines is 1. The van der Waals surface area contributed by atoms with E-state index < -0.39 is 0 Å². The van der Waals surface area contributed by atoms with E-state index in [2.05, 4.69) is 46.0 Å². The lowest BCUT2D eigenvalue weighted by molar-refractivity contribution is -0.116. The molecule has 0 spiro atoms. The van der Waals surface area contributed by atoms with Crippen molar-refractivity contribution < 1.29 is 4.79 Å². The molecule has 2 heterocycles. The lowest BCUT2D eigenvalue weighted by Gasteiger charge is -2.22. The number of nitrogens with zero attached hydrogens (tertiary/aromatic N) is 1. The summed E-state index contributed by atoms with van der Waals surface area (Å²) in [4.78, 5) is 12.9. The molecule has 0 fully saturated rings. The number of aromatic nitrogens is 2. The molecular formula is C13H13N3OS. The van der Waals surface area contributed by atoms with Crippen LogP contribution in [-0.4, -0.2) is 22.4 Å². The van der Waals surface area contributed by atoms with E-state index in [0.29, 0.717) is 6.42 Å². The van der Waals surface area contributed by atoms with E-state index in [0.717, 1.165) is 16.9 Å². The SMILES string of the molecule is CSc1ccc([C@@H]2CC(=O)Nc3[nH]ncc32)cc1. The number of hydrogen-bond donors (Lipinski definition) is 2. The highest BCUT2D eigenvalue weighted by molar-refractivity contribution is 7.98. The molecule has 1 aliphatic heterocycles. The van der Waals surface area contributed by atoms with Crippen molar-refractivity contribution in [3.63, 3.8) is 0 Å². The van der Waals surface area contributed by atoms with E-state index in [1.54, 1.807) is 18.0 Å². The van der Waals surface area contributed by atoms with Gasteiger partial charge in [-0.2, -0.15) is 5.10 Å². The van der Waals surface area contributed by atoms with Gasteiger partial charge in [-0.15, -0.1) is 11.8 Å². The Labute approximate surface area is 109 Å². The molecule has 0 unspecified atom stereocenters. The lowest BCUT2D eigenvalue weighted by atomic mass is 9.87. The maximum absolute atomic E-state index is 11.7. The second kappa shape index (κ2) is 4.49. The fraction of sp³-hybridized carbons (Fsp3) is 0.231. The third-order valence-electron chi connectivity index (χ3n) is 3.22. The van der Waals surface area contributed by atoms with Gasteiger partial charge in [0, 0.05) is 22.8 Å². The fourth-order valence-corrected chi connectivity index (χ4v) is 2.69. The smallest absolute Gasteiger partial charge is 0.226 e. The van der Waals surface area contributed by atoms with E-state index in [1.165, 1.54) is 4.90 Å². The molecule has 0 saturated heterocycles. The summed E-state index contributed by atoms with van der Waals surface area (Å²) in [5.74, 6) is 0.860. The van der Waals surface area contributed by atoms with Gasteiger partial charge in [0.05, 0.1) is 6.20 Å². The van der Waals surface area contributed by atoms with Crippen molar-refractivity contribution >= 4 is 23.5 Å². The number of rotatable bonds is 2. The van der Waals surface area contributed by atoms with Crippen LogP contribution < -0.4 is 5.32 Å². The van der Waals surface area contributed by atoms with Crippen molar-refractivity contribution in [2.75, 3.05) is 11.6 Å². The van der Waals surface area contributed by atoms with Gasteiger partial charge in [-0.25, -0.2) is 0 Å². The molecule has 0 radical (unpaired) electrons. The summed E-state index contributed by atoms with van der Waals surface area (Å²) in [6.45, 7) is 0. The van der Waals surface area contributed by atoms with Gasteiger partial charge in [-0.1, -0.05) is 12.1 Å². The second-order valence-electron chi connectivity index (χ2n) is 4.28. The Morgan fingerprint density at radius 2 is 2.11 bits per heavy atom. The van der Waals surface area contributed by atoms with Crippen LogP contribution in [-0.2, 0) is 4.79 Å². The van der Waals surface area contributed by atoms with Gasteiger partial charge in [0.15, 0.2) is 0 Å². The molecule has 5 heteroatoms. The van der Waals surface area contributed by atoms with E-state index >= 15 is 0 Å². The summed E-state index contributed by atoms with van der Waals surface area (Å²) in [5.41, 5.74) is 2.22. The Morgan fingerprint density at radius 3 is 2.83 bits per heavy atom. The number of aromatic amines is 1. The Kier molecular flexibility index (Phi) is 2.83. The Morgan fingerprint density at radius 1 is 1.33 bits per heavy atom. The molecule has 0 bridgehead atoms. The van der Waals surface area contributed by atoms with Crippen LogP contribution >= 0.6 is 11.8 Å². The molecule has 0 aliphatic carbocycles. The third kappa shape index (κ3) is 1.90. The molecule has 1 aromatic heterocycles. The topological polar surface area (TPSA) is 57.8 Å². The van der Waals surface area contributed by atoms with E-state index in [1.807, 2.05) is 0 Å². The van der Waals surface area contributed by atoms with Gasteiger partial charge in [0.25, 0.3) is 0 Å². The molecule has 92 valence electrons. The fourth-order valence-electron chi connectivity index (χ4n) is 2.28. The number of benzene rings is 1. The van der Waals surface area contributed by atoms with Gasteiger partial charge in [0.2, 0.25) is 5.91 Å². The van der Waals surface area contributed by atoms with Crippen molar-refractivity contribution in [1.82, 2.24) is 10.2 Å². The summed E-state index contributed by atoms with van der Waals surface area (Å²) in [6.07, 6.45) is 4.32. The summed E-state index contributed by atoms with van der Waals surface area (Å²) in [7, 11) is 0. The number of H-pyrrole nitrogens is 1. The third-order valence-corrected chi connectivity index (χ3v) is 3.96. The molecule has 1 aromatic carbocycles. The average Bonchev–Trinajstić information content (AvgIpc) is 2.86. The van der Waals surface area contributed by atoms with Gasteiger partial charge in [-0.05, 0) is 24.0 Å². The highest BCUT2D eigenvalue weighted by Crippen LogP contribution is 2.36. The van der Waals surface area contributed by atoms with Crippen LogP contribution in [0, 0.1) is 0 Å². The van der Waals surface area contributed by atoms with Crippen molar-refractivity contribution in [3.8, 4) is 0 Å². The Balaban J connectivity index is 1.99. The number of carbonyl (C=O) groups is 1. The number of thioether (sulfide) groups is 1. The first-order valence-electron chi connectivity index (χ1n) is 5.75. The lowest BCUT2D eigenvalue weighted by Crippen LogP contribution is -2.22. The quantitative estimate of drug-likeness (QED) is 0.815. The van der Waals surface area contributed by atoms with Crippen LogP contribution in [0.15, 0.2) is 35.4 Å². The maximum atomic E-state index is 11.7.